The van der Waals surface area contributed by atoms with Gasteiger partial charge in [-0.1, -0.05) is 12.1 Å². The third-order valence-corrected chi connectivity index (χ3v) is 7.55. The van der Waals surface area contributed by atoms with Gasteiger partial charge in [-0.15, -0.1) is 0 Å². The molecule has 1 spiro atoms. The van der Waals surface area contributed by atoms with Gasteiger partial charge < -0.3 is 19.3 Å². The monoisotopic (exact) mass is 450 g/mol. The van der Waals surface area contributed by atoms with Crippen molar-refractivity contribution in [2.24, 2.45) is 5.41 Å². The third kappa shape index (κ3) is 4.38. The summed E-state index contributed by atoms with van der Waals surface area (Å²) in [6.07, 6.45) is 5.38. The molecule has 1 saturated carbocycles. The molecule has 5 rings (SSSR count). The Hall–Kier alpha value is -2.80. The van der Waals surface area contributed by atoms with Crippen molar-refractivity contribution in [3.63, 3.8) is 0 Å². The highest BCUT2D eigenvalue weighted by molar-refractivity contribution is 5.76. The van der Waals surface area contributed by atoms with Crippen LogP contribution in [0.1, 0.15) is 26.2 Å². The van der Waals surface area contributed by atoms with E-state index in [1.807, 2.05) is 36.2 Å². The Morgan fingerprint density at radius 3 is 2.73 bits per heavy atom. The minimum Gasteiger partial charge on any atom is -0.497 e. The van der Waals surface area contributed by atoms with Crippen molar-refractivity contribution in [2.75, 3.05) is 57.9 Å². The number of pyridine rings is 1. The molecule has 1 aromatic heterocycles. The fourth-order valence-electron chi connectivity index (χ4n) is 5.85. The molecule has 1 aliphatic carbocycles. The van der Waals surface area contributed by atoms with Crippen LogP contribution in [0.15, 0.2) is 42.6 Å². The second kappa shape index (κ2) is 9.21. The van der Waals surface area contributed by atoms with Crippen LogP contribution >= 0.6 is 0 Å². The summed E-state index contributed by atoms with van der Waals surface area (Å²) >= 11 is 0. The highest BCUT2D eigenvalue weighted by Crippen LogP contribution is 2.47. The Kier molecular flexibility index (Phi) is 6.15. The number of benzene rings is 1. The van der Waals surface area contributed by atoms with E-state index in [4.69, 9.17) is 14.5 Å². The van der Waals surface area contributed by atoms with E-state index in [9.17, 15) is 4.79 Å². The summed E-state index contributed by atoms with van der Waals surface area (Å²) in [5, 5.41) is 0. The van der Waals surface area contributed by atoms with E-state index in [0.717, 1.165) is 62.0 Å². The maximum absolute atomic E-state index is 12.0. The van der Waals surface area contributed by atoms with Crippen molar-refractivity contribution < 1.29 is 14.3 Å². The lowest BCUT2D eigenvalue weighted by atomic mass is 9.78. The lowest BCUT2D eigenvalue weighted by Crippen LogP contribution is -2.58. The predicted octanol–water partition coefficient (Wildman–Crippen LogP) is 3.89. The molecule has 3 aliphatic rings. The molecule has 3 fully saturated rings. The van der Waals surface area contributed by atoms with Gasteiger partial charge in [0.15, 0.2) is 0 Å². The summed E-state index contributed by atoms with van der Waals surface area (Å²) in [6.45, 7) is 8.10. The van der Waals surface area contributed by atoms with Crippen LogP contribution in [0.3, 0.4) is 0 Å². The number of rotatable bonds is 5. The topological polar surface area (TPSA) is 58.1 Å². The molecule has 2 aromatic rings. The smallest absolute Gasteiger partial charge is 0.409 e. The molecule has 2 aliphatic heterocycles. The number of carbonyl (C=O) groups excluding carboxylic acids is 1. The van der Waals surface area contributed by atoms with Gasteiger partial charge in [-0.2, -0.15) is 0 Å². The fourth-order valence-corrected chi connectivity index (χ4v) is 5.85. The normalized spacial score (nSPS) is 22.3. The Morgan fingerprint density at radius 1 is 1.15 bits per heavy atom. The number of piperazine rings is 1. The highest BCUT2D eigenvalue weighted by Gasteiger charge is 2.51. The number of carbonyl (C=O) groups is 1. The fraction of sp³-hybridized carbons (Fsp3) is 0.538. The summed E-state index contributed by atoms with van der Waals surface area (Å²) in [4.78, 5) is 23.7. The van der Waals surface area contributed by atoms with E-state index in [1.165, 1.54) is 19.3 Å². The minimum absolute atomic E-state index is 0.151. The quantitative estimate of drug-likeness (QED) is 0.689. The molecule has 1 amide bonds. The van der Waals surface area contributed by atoms with Gasteiger partial charge in [-0.05, 0) is 56.0 Å². The average Bonchev–Trinajstić information content (AvgIpc) is 3.29. The number of hydrogen-bond donors (Lipinski definition) is 0. The van der Waals surface area contributed by atoms with E-state index < -0.39 is 0 Å². The van der Waals surface area contributed by atoms with Gasteiger partial charge in [0, 0.05) is 62.5 Å². The zero-order valence-electron chi connectivity index (χ0n) is 19.7. The molecular weight excluding hydrogens is 416 g/mol. The van der Waals surface area contributed by atoms with Gasteiger partial charge in [0.05, 0.1) is 13.7 Å². The predicted molar refractivity (Wildman–Crippen MR) is 129 cm³/mol. The van der Waals surface area contributed by atoms with Gasteiger partial charge in [0.1, 0.15) is 11.6 Å². The van der Waals surface area contributed by atoms with E-state index >= 15 is 0 Å². The standard InChI is InChI=1S/C26H34N4O3/c1-3-33-25(31)30-18-26(19-30)10-9-21(17-26)28-12-14-29(15-13-28)24-23(8-5-11-27-24)20-6-4-7-22(16-20)32-2/h4-8,11,16,21H,3,9-10,12-15,17-19H2,1-2H3/t21-/m1/s1. The Bertz CT molecular complexity index is 983. The number of amides is 1. The molecule has 176 valence electrons. The van der Waals surface area contributed by atoms with Crippen LogP contribution in [0.4, 0.5) is 10.6 Å². The molecule has 1 atom stereocenters. The molecule has 0 N–H and O–H groups in total. The number of aromatic nitrogens is 1. The van der Waals surface area contributed by atoms with Crippen LogP contribution < -0.4 is 9.64 Å². The number of methoxy groups -OCH3 is 1. The first kappa shape index (κ1) is 22.0. The summed E-state index contributed by atoms with van der Waals surface area (Å²) in [5.41, 5.74) is 2.60. The summed E-state index contributed by atoms with van der Waals surface area (Å²) in [6, 6.07) is 13.0. The lowest BCUT2D eigenvalue weighted by Gasteiger charge is -2.48. The van der Waals surface area contributed by atoms with Crippen molar-refractivity contribution in [3.05, 3.63) is 42.6 Å². The molecule has 33 heavy (non-hydrogen) atoms. The van der Waals surface area contributed by atoms with Gasteiger partial charge in [0.25, 0.3) is 0 Å². The SMILES string of the molecule is CCOC(=O)N1CC2(CC[C@@H](N3CCN(c4ncccc4-c4cccc(OC)c4)CC3)C2)C1. The molecule has 7 heteroatoms. The van der Waals surface area contributed by atoms with Gasteiger partial charge in [0.2, 0.25) is 0 Å². The number of anilines is 1. The molecular formula is C26H34N4O3. The van der Waals surface area contributed by atoms with Gasteiger partial charge in [-0.3, -0.25) is 4.90 Å². The van der Waals surface area contributed by atoms with Crippen molar-refractivity contribution in [1.29, 1.82) is 0 Å². The number of nitrogens with zero attached hydrogens (tertiary/aromatic N) is 4. The Morgan fingerprint density at radius 2 is 1.97 bits per heavy atom. The van der Waals surface area contributed by atoms with Crippen molar-refractivity contribution in [2.45, 2.75) is 32.2 Å². The van der Waals surface area contributed by atoms with Gasteiger partial charge in [-0.25, -0.2) is 9.78 Å². The van der Waals surface area contributed by atoms with Crippen LogP contribution in [-0.4, -0.2) is 79.9 Å². The largest absolute Gasteiger partial charge is 0.497 e. The zero-order chi connectivity index (χ0) is 22.8. The average molecular weight is 451 g/mol. The molecule has 1 aromatic carbocycles. The molecule has 0 radical (unpaired) electrons. The molecule has 2 saturated heterocycles. The zero-order valence-corrected chi connectivity index (χ0v) is 19.7. The number of hydrogen-bond acceptors (Lipinski definition) is 6. The van der Waals surface area contributed by atoms with Gasteiger partial charge >= 0.3 is 6.09 Å². The van der Waals surface area contributed by atoms with Crippen LogP contribution in [0.25, 0.3) is 11.1 Å². The second-order valence-corrected chi connectivity index (χ2v) is 9.58. The van der Waals surface area contributed by atoms with Crippen molar-refractivity contribution in [1.82, 2.24) is 14.8 Å². The maximum Gasteiger partial charge on any atom is 0.409 e. The summed E-state index contributed by atoms with van der Waals surface area (Å²) in [7, 11) is 1.70. The van der Waals surface area contributed by atoms with E-state index in [-0.39, 0.29) is 6.09 Å². The molecule has 7 nitrogen and oxygen atoms in total. The first-order valence-electron chi connectivity index (χ1n) is 12.1. The van der Waals surface area contributed by atoms with E-state index in [0.29, 0.717) is 18.1 Å². The first-order valence-corrected chi connectivity index (χ1v) is 12.1. The molecule has 0 unspecified atom stereocenters. The lowest BCUT2D eigenvalue weighted by molar-refractivity contribution is -0.00294. The van der Waals surface area contributed by atoms with Crippen LogP contribution in [-0.2, 0) is 4.74 Å². The van der Waals surface area contributed by atoms with E-state index in [1.54, 1.807) is 7.11 Å². The molecule has 0 bridgehead atoms. The number of ether oxygens (including phenoxy) is 2. The van der Waals surface area contributed by atoms with Crippen LogP contribution in [0, 0.1) is 5.41 Å². The van der Waals surface area contributed by atoms with Crippen molar-refractivity contribution in [3.8, 4) is 16.9 Å². The first-order chi connectivity index (χ1) is 16.1. The highest BCUT2D eigenvalue weighted by atomic mass is 16.6. The summed E-state index contributed by atoms with van der Waals surface area (Å²) in [5.74, 6) is 1.91. The third-order valence-electron chi connectivity index (χ3n) is 7.55. The second-order valence-electron chi connectivity index (χ2n) is 9.58. The van der Waals surface area contributed by atoms with Crippen LogP contribution in [0.2, 0.25) is 0 Å². The summed E-state index contributed by atoms with van der Waals surface area (Å²) < 4.78 is 10.6. The Balaban J connectivity index is 1.19. The molecule has 3 heterocycles. The van der Waals surface area contributed by atoms with Crippen LogP contribution in [0.5, 0.6) is 5.75 Å². The van der Waals surface area contributed by atoms with Crippen molar-refractivity contribution >= 4 is 11.9 Å². The minimum atomic E-state index is -0.151. The maximum atomic E-state index is 12.0. The number of likely N-dealkylation sites (tertiary alicyclic amines) is 1. The Labute approximate surface area is 196 Å². The van der Waals surface area contributed by atoms with E-state index in [2.05, 4.69) is 28.0 Å².